The molecule has 7 nitrogen and oxygen atoms in total. The van der Waals surface area contributed by atoms with Gasteiger partial charge in [-0.15, -0.1) is 11.3 Å². The SMILES string of the molecule is COc1ccc(C(=O)N2CCCCC2c2cccc(C(=O)Nc3nc4c(s3)CN(C)CC4)c2)cc1C. The lowest BCUT2D eigenvalue weighted by atomic mass is 9.93. The molecule has 1 N–H and O–H groups in total. The van der Waals surface area contributed by atoms with E-state index in [1.807, 2.05) is 54.3 Å². The number of anilines is 1. The Labute approximate surface area is 216 Å². The predicted molar refractivity (Wildman–Crippen MR) is 142 cm³/mol. The Kier molecular flexibility index (Phi) is 7.07. The Hall–Kier alpha value is -3.23. The molecule has 1 saturated heterocycles. The number of aromatic nitrogens is 1. The smallest absolute Gasteiger partial charge is 0.257 e. The van der Waals surface area contributed by atoms with Crippen LogP contribution in [-0.4, -0.2) is 53.8 Å². The van der Waals surface area contributed by atoms with E-state index in [0.717, 1.165) is 61.3 Å². The molecule has 1 unspecified atom stereocenters. The number of ether oxygens (including phenoxy) is 1. The average molecular weight is 505 g/mol. The van der Waals surface area contributed by atoms with Crippen molar-refractivity contribution < 1.29 is 14.3 Å². The largest absolute Gasteiger partial charge is 0.496 e. The molecule has 0 radical (unpaired) electrons. The van der Waals surface area contributed by atoms with Gasteiger partial charge in [-0.25, -0.2) is 4.98 Å². The summed E-state index contributed by atoms with van der Waals surface area (Å²) in [5, 5.41) is 3.64. The molecule has 36 heavy (non-hydrogen) atoms. The Morgan fingerprint density at radius 3 is 2.78 bits per heavy atom. The number of benzene rings is 2. The molecule has 1 fully saturated rings. The first kappa shape index (κ1) is 24.5. The number of aryl methyl sites for hydroxylation is 1. The van der Waals surface area contributed by atoms with Gasteiger partial charge in [0.05, 0.1) is 18.8 Å². The third kappa shape index (κ3) is 5.01. The normalized spacial score (nSPS) is 18.0. The summed E-state index contributed by atoms with van der Waals surface area (Å²) in [6.07, 6.45) is 3.80. The number of rotatable bonds is 5. The van der Waals surface area contributed by atoms with E-state index in [1.54, 1.807) is 18.4 Å². The first-order chi connectivity index (χ1) is 17.4. The third-order valence-electron chi connectivity index (χ3n) is 7.08. The van der Waals surface area contributed by atoms with Crippen LogP contribution in [0.25, 0.3) is 0 Å². The second kappa shape index (κ2) is 10.4. The van der Waals surface area contributed by atoms with Gasteiger partial charge in [0.2, 0.25) is 0 Å². The maximum Gasteiger partial charge on any atom is 0.257 e. The zero-order valence-corrected chi connectivity index (χ0v) is 21.9. The molecule has 8 heteroatoms. The number of likely N-dealkylation sites (N-methyl/N-ethyl adjacent to an activating group) is 1. The molecule has 1 atom stereocenters. The van der Waals surface area contributed by atoms with E-state index in [1.165, 1.54) is 4.88 Å². The fraction of sp³-hybridized carbons (Fsp3) is 0.393. The number of thiazole rings is 1. The fourth-order valence-electron chi connectivity index (χ4n) is 5.13. The van der Waals surface area contributed by atoms with Crippen LogP contribution in [0.1, 0.15) is 67.7 Å². The van der Waals surface area contributed by atoms with Gasteiger partial charge in [-0.3, -0.25) is 14.9 Å². The van der Waals surface area contributed by atoms with Gasteiger partial charge in [0.1, 0.15) is 5.75 Å². The number of nitrogens with one attached hydrogen (secondary N) is 1. The molecule has 0 aliphatic carbocycles. The Bertz CT molecular complexity index is 1290. The standard InChI is InChI=1S/C28H32N4O3S/c1-18-15-21(10-11-24(18)35-3)27(34)32-13-5-4-9-23(32)19-7-6-8-20(16-19)26(33)30-28-29-22-12-14-31(2)17-25(22)36-28/h6-8,10-11,15-16,23H,4-5,9,12-14,17H2,1-3H3,(H,29,30,33). The van der Waals surface area contributed by atoms with Gasteiger partial charge in [0.15, 0.2) is 5.13 Å². The quantitative estimate of drug-likeness (QED) is 0.525. The molecular formula is C28H32N4O3S. The Morgan fingerprint density at radius 1 is 1.11 bits per heavy atom. The highest BCUT2D eigenvalue weighted by Gasteiger charge is 2.29. The first-order valence-corrected chi connectivity index (χ1v) is 13.3. The molecule has 3 aromatic rings. The highest BCUT2D eigenvalue weighted by atomic mass is 32.1. The van der Waals surface area contributed by atoms with Crippen LogP contribution in [0.3, 0.4) is 0 Å². The average Bonchev–Trinajstić information content (AvgIpc) is 3.29. The van der Waals surface area contributed by atoms with Crippen molar-refractivity contribution in [3.63, 3.8) is 0 Å². The number of carbonyl (C=O) groups is 2. The van der Waals surface area contributed by atoms with Crippen LogP contribution in [-0.2, 0) is 13.0 Å². The summed E-state index contributed by atoms with van der Waals surface area (Å²) in [6, 6.07) is 13.2. The van der Waals surface area contributed by atoms with Crippen molar-refractivity contribution in [2.45, 2.75) is 45.2 Å². The summed E-state index contributed by atoms with van der Waals surface area (Å²) < 4.78 is 5.35. The van der Waals surface area contributed by atoms with Crippen LogP contribution in [0.15, 0.2) is 42.5 Å². The van der Waals surface area contributed by atoms with E-state index in [4.69, 9.17) is 4.74 Å². The molecule has 2 aromatic carbocycles. The number of hydrogen-bond acceptors (Lipinski definition) is 6. The minimum atomic E-state index is -0.171. The van der Waals surface area contributed by atoms with Gasteiger partial charge < -0.3 is 14.5 Å². The van der Waals surface area contributed by atoms with E-state index in [2.05, 4.69) is 22.2 Å². The van der Waals surface area contributed by atoms with Crippen molar-refractivity contribution in [1.82, 2.24) is 14.8 Å². The number of hydrogen-bond donors (Lipinski definition) is 1. The lowest BCUT2D eigenvalue weighted by molar-refractivity contribution is 0.0611. The summed E-state index contributed by atoms with van der Waals surface area (Å²) in [5.74, 6) is 0.614. The van der Waals surface area contributed by atoms with Gasteiger partial charge in [-0.2, -0.15) is 0 Å². The number of likely N-dealkylation sites (tertiary alicyclic amines) is 1. The van der Waals surface area contributed by atoms with Crippen LogP contribution in [0.4, 0.5) is 5.13 Å². The van der Waals surface area contributed by atoms with Crippen molar-refractivity contribution >= 4 is 28.3 Å². The van der Waals surface area contributed by atoms with E-state index in [9.17, 15) is 9.59 Å². The van der Waals surface area contributed by atoms with E-state index < -0.39 is 0 Å². The van der Waals surface area contributed by atoms with Crippen LogP contribution >= 0.6 is 11.3 Å². The van der Waals surface area contributed by atoms with E-state index >= 15 is 0 Å². The van der Waals surface area contributed by atoms with Crippen molar-refractivity contribution in [2.75, 3.05) is 32.6 Å². The summed E-state index contributed by atoms with van der Waals surface area (Å²) in [7, 11) is 3.73. The molecule has 2 aliphatic heterocycles. The van der Waals surface area contributed by atoms with Crippen molar-refractivity contribution in [1.29, 1.82) is 0 Å². The summed E-state index contributed by atoms with van der Waals surface area (Å²) in [4.78, 5) is 36.7. The van der Waals surface area contributed by atoms with E-state index in [0.29, 0.717) is 22.8 Å². The second-order valence-corrected chi connectivity index (χ2v) is 10.7. The van der Waals surface area contributed by atoms with Crippen LogP contribution in [0, 0.1) is 6.92 Å². The summed E-state index contributed by atoms with van der Waals surface area (Å²) >= 11 is 1.55. The highest BCUT2D eigenvalue weighted by molar-refractivity contribution is 7.15. The van der Waals surface area contributed by atoms with Gasteiger partial charge in [-0.1, -0.05) is 12.1 Å². The molecule has 3 heterocycles. The summed E-state index contributed by atoms with van der Waals surface area (Å²) in [5.41, 5.74) is 4.25. The number of nitrogens with zero attached hydrogens (tertiary/aromatic N) is 3. The molecule has 1 aromatic heterocycles. The molecule has 188 valence electrons. The Morgan fingerprint density at radius 2 is 1.97 bits per heavy atom. The molecular weight excluding hydrogens is 472 g/mol. The minimum Gasteiger partial charge on any atom is -0.496 e. The predicted octanol–water partition coefficient (Wildman–Crippen LogP) is 5.07. The molecule has 0 spiro atoms. The lowest BCUT2D eigenvalue weighted by Gasteiger charge is -2.36. The fourth-order valence-corrected chi connectivity index (χ4v) is 6.22. The Balaban J connectivity index is 1.34. The zero-order chi connectivity index (χ0) is 25.2. The number of fused-ring (bicyclic) bond motifs is 1. The van der Waals surface area contributed by atoms with Crippen LogP contribution in [0.2, 0.25) is 0 Å². The molecule has 0 bridgehead atoms. The van der Waals surface area contributed by atoms with Crippen molar-refractivity contribution in [3.05, 3.63) is 75.3 Å². The lowest BCUT2D eigenvalue weighted by Crippen LogP contribution is -2.38. The van der Waals surface area contributed by atoms with E-state index in [-0.39, 0.29) is 17.9 Å². The van der Waals surface area contributed by atoms with Crippen molar-refractivity contribution in [3.8, 4) is 5.75 Å². The maximum atomic E-state index is 13.5. The number of carbonyl (C=O) groups excluding carboxylic acids is 2. The first-order valence-electron chi connectivity index (χ1n) is 12.5. The molecule has 5 rings (SSSR count). The second-order valence-electron chi connectivity index (χ2n) is 9.65. The van der Waals surface area contributed by atoms with Gasteiger partial charge >= 0.3 is 0 Å². The zero-order valence-electron chi connectivity index (χ0n) is 21.0. The third-order valence-corrected chi connectivity index (χ3v) is 8.08. The molecule has 2 aliphatic rings. The van der Waals surface area contributed by atoms with Gasteiger partial charge in [0.25, 0.3) is 11.8 Å². The number of methoxy groups -OCH3 is 1. The number of amides is 2. The minimum absolute atomic E-state index is 0.0126. The highest BCUT2D eigenvalue weighted by Crippen LogP contribution is 2.34. The van der Waals surface area contributed by atoms with Gasteiger partial charge in [0, 0.05) is 42.1 Å². The van der Waals surface area contributed by atoms with Gasteiger partial charge in [-0.05, 0) is 74.7 Å². The summed E-state index contributed by atoms with van der Waals surface area (Å²) in [6.45, 7) is 4.50. The van der Waals surface area contributed by atoms with Crippen LogP contribution in [0.5, 0.6) is 5.75 Å². The topological polar surface area (TPSA) is 74.8 Å². The molecule has 2 amide bonds. The van der Waals surface area contributed by atoms with Crippen molar-refractivity contribution in [2.24, 2.45) is 0 Å². The maximum absolute atomic E-state index is 13.5. The monoisotopic (exact) mass is 504 g/mol. The molecule has 0 saturated carbocycles. The number of piperidine rings is 1. The van der Waals surface area contributed by atoms with Crippen LogP contribution < -0.4 is 10.1 Å².